The van der Waals surface area contributed by atoms with Gasteiger partial charge >= 0.3 is 5.97 Å². The first-order valence-electron chi connectivity index (χ1n) is 8.92. The van der Waals surface area contributed by atoms with Crippen molar-refractivity contribution < 1.29 is 24.2 Å². The highest BCUT2D eigenvalue weighted by Crippen LogP contribution is 2.16. The Morgan fingerprint density at radius 2 is 1.78 bits per heavy atom. The quantitative estimate of drug-likeness (QED) is 0.806. The minimum Gasteiger partial charge on any atom is -0.480 e. The van der Waals surface area contributed by atoms with Crippen molar-refractivity contribution >= 4 is 28.6 Å². The van der Waals surface area contributed by atoms with Crippen LogP contribution in [0, 0.1) is 0 Å². The first-order valence-corrected chi connectivity index (χ1v) is 8.92. The lowest BCUT2D eigenvalue weighted by molar-refractivity contribution is -0.140. The number of nitrogens with zero attached hydrogens (tertiary/aromatic N) is 1. The molecule has 0 spiro atoms. The zero-order valence-electron chi connectivity index (χ0n) is 14.9. The van der Waals surface area contributed by atoms with Crippen LogP contribution in [-0.4, -0.2) is 60.1 Å². The molecule has 0 unspecified atom stereocenters. The number of benzene rings is 2. The molecule has 0 aromatic heterocycles. The van der Waals surface area contributed by atoms with Crippen molar-refractivity contribution in [3.63, 3.8) is 0 Å². The number of morpholine rings is 1. The zero-order chi connectivity index (χ0) is 19.2. The Morgan fingerprint density at radius 1 is 1.07 bits per heavy atom. The summed E-state index contributed by atoms with van der Waals surface area (Å²) in [5.41, 5.74) is 0.388. The molecule has 142 valence electrons. The van der Waals surface area contributed by atoms with E-state index in [2.05, 4.69) is 5.32 Å². The van der Waals surface area contributed by atoms with Crippen LogP contribution in [0.3, 0.4) is 0 Å². The van der Waals surface area contributed by atoms with Crippen LogP contribution in [0.1, 0.15) is 23.2 Å². The lowest BCUT2D eigenvalue weighted by atomic mass is 10.1. The van der Waals surface area contributed by atoms with E-state index in [-0.39, 0.29) is 18.7 Å². The van der Waals surface area contributed by atoms with Crippen molar-refractivity contribution in [1.82, 2.24) is 10.2 Å². The molecule has 2 amide bonds. The van der Waals surface area contributed by atoms with Crippen LogP contribution in [0.5, 0.6) is 0 Å². The number of carboxylic acids is 1. The number of carbonyl (C=O) groups excluding carboxylic acids is 2. The molecule has 27 heavy (non-hydrogen) atoms. The van der Waals surface area contributed by atoms with Crippen LogP contribution in [0.25, 0.3) is 10.8 Å². The highest BCUT2D eigenvalue weighted by Gasteiger charge is 2.24. The summed E-state index contributed by atoms with van der Waals surface area (Å²) in [6.45, 7) is 2.01. The number of aliphatic carboxylic acids is 1. The SMILES string of the molecule is O=C(N[C@H](CCC(=O)N1CCOCC1)C(=O)O)c1ccc2ccccc2c1. The second-order valence-electron chi connectivity index (χ2n) is 6.46. The average molecular weight is 370 g/mol. The molecule has 1 heterocycles. The van der Waals surface area contributed by atoms with Crippen molar-refractivity contribution in [3.05, 3.63) is 48.0 Å². The second-order valence-corrected chi connectivity index (χ2v) is 6.46. The monoisotopic (exact) mass is 370 g/mol. The molecule has 1 aliphatic rings. The largest absolute Gasteiger partial charge is 0.480 e. The summed E-state index contributed by atoms with van der Waals surface area (Å²) in [6.07, 6.45) is 0.111. The lowest BCUT2D eigenvalue weighted by Gasteiger charge is -2.27. The molecule has 1 atom stereocenters. The van der Waals surface area contributed by atoms with E-state index in [4.69, 9.17) is 4.74 Å². The number of carboxylic acid groups (broad SMARTS) is 1. The van der Waals surface area contributed by atoms with Gasteiger partial charge in [0, 0.05) is 25.1 Å². The standard InChI is InChI=1S/C20H22N2O5/c23-18(22-9-11-27-12-10-22)8-7-17(20(25)26)21-19(24)16-6-5-14-3-1-2-4-15(14)13-16/h1-6,13,17H,7-12H2,(H,21,24)(H,25,26)/t17-/m1/s1. The predicted octanol–water partition coefficient (Wildman–Crippen LogP) is 1.66. The number of nitrogens with one attached hydrogen (secondary N) is 1. The average Bonchev–Trinajstić information content (AvgIpc) is 2.70. The highest BCUT2D eigenvalue weighted by molar-refractivity contribution is 6.00. The Hall–Kier alpha value is -2.93. The lowest BCUT2D eigenvalue weighted by Crippen LogP contribution is -2.44. The minimum atomic E-state index is -1.15. The number of carbonyl (C=O) groups is 3. The van der Waals surface area contributed by atoms with Gasteiger partial charge in [-0.05, 0) is 29.3 Å². The van der Waals surface area contributed by atoms with Crippen LogP contribution >= 0.6 is 0 Å². The Labute approximate surface area is 156 Å². The fraction of sp³-hybridized carbons (Fsp3) is 0.350. The van der Waals surface area contributed by atoms with Crippen molar-refractivity contribution in [1.29, 1.82) is 0 Å². The fourth-order valence-electron chi connectivity index (χ4n) is 3.07. The van der Waals surface area contributed by atoms with Crippen LogP contribution in [0.15, 0.2) is 42.5 Å². The summed E-state index contributed by atoms with van der Waals surface area (Å²) in [5, 5.41) is 13.8. The van der Waals surface area contributed by atoms with Gasteiger partial charge in [-0.1, -0.05) is 30.3 Å². The van der Waals surface area contributed by atoms with Gasteiger partial charge in [-0.3, -0.25) is 9.59 Å². The van der Waals surface area contributed by atoms with Crippen molar-refractivity contribution in [3.8, 4) is 0 Å². The van der Waals surface area contributed by atoms with Crippen molar-refractivity contribution in [2.45, 2.75) is 18.9 Å². The van der Waals surface area contributed by atoms with E-state index in [1.807, 2.05) is 30.3 Å². The molecule has 0 aliphatic carbocycles. The second kappa shape index (κ2) is 8.64. The number of fused-ring (bicyclic) bond motifs is 1. The number of ether oxygens (including phenoxy) is 1. The predicted molar refractivity (Wildman–Crippen MR) is 99.5 cm³/mol. The van der Waals surface area contributed by atoms with Crippen LogP contribution in [-0.2, 0) is 14.3 Å². The van der Waals surface area contributed by atoms with Gasteiger partial charge in [0.25, 0.3) is 5.91 Å². The fourth-order valence-corrected chi connectivity index (χ4v) is 3.07. The maximum Gasteiger partial charge on any atom is 0.326 e. The molecule has 2 aromatic carbocycles. The molecular weight excluding hydrogens is 348 g/mol. The van der Waals surface area contributed by atoms with Gasteiger partial charge in [0.2, 0.25) is 5.91 Å². The number of hydrogen-bond acceptors (Lipinski definition) is 4. The summed E-state index contributed by atoms with van der Waals surface area (Å²) in [6, 6.07) is 11.7. The van der Waals surface area contributed by atoms with Gasteiger partial charge in [0.1, 0.15) is 6.04 Å². The van der Waals surface area contributed by atoms with Crippen LogP contribution < -0.4 is 5.32 Å². The topological polar surface area (TPSA) is 95.9 Å². The van der Waals surface area contributed by atoms with Crippen molar-refractivity contribution in [2.75, 3.05) is 26.3 Å². The van der Waals surface area contributed by atoms with E-state index in [1.165, 1.54) is 0 Å². The smallest absolute Gasteiger partial charge is 0.326 e. The molecule has 2 aromatic rings. The molecule has 1 aliphatic heterocycles. The van der Waals surface area contributed by atoms with Gasteiger partial charge in [-0.15, -0.1) is 0 Å². The Kier molecular flexibility index (Phi) is 6.03. The van der Waals surface area contributed by atoms with Crippen LogP contribution in [0.4, 0.5) is 0 Å². The molecular formula is C20H22N2O5. The minimum absolute atomic E-state index is 0.0465. The van der Waals surface area contributed by atoms with E-state index < -0.39 is 17.9 Å². The summed E-state index contributed by atoms with van der Waals surface area (Å²) >= 11 is 0. The molecule has 2 N–H and O–H groups in total. The van der Waals surface area contributed by atoms with Crippen molar-refractivity contribution in [2.24, 2.45) is 0 Å². The van der Waals surface area contributed by atoms with Crippen LogP contribution in [0.2, 0.25) is 0 Å². The molecule has 7 nitrogen and oxygen atoms in total. The Morgan fingerprint density at radius 3 is 2.48 bits per heavy atom. The molecule has 7 heteroatoms. The summed E-state index contributed by atoms with van der Waals surface area (Å²) < 4.78 is 5.20. The van der Waals surface area contributed by atoms with E-state index in [1.54, 1.807) is 17.0 Å². The van der Waals surface area contributed by atoms with E-state index >= 15 is 0 Å². The van der Waals surface area contributed by atoms with Gasteiger partial charge in [0.15, 0.2) is 0 Å². The van der Waals surface area contributed by atoms with E-state index in [0.29, 0.717) is 31.9 Å². The molecule has 1 saturated heterocycles. The van der Waals surface area contributed by atoms with Gasteiger partial charge < -0.3 is 20.1 Å². The molecule has 3 rings (SSSR count). The summed E-state index contributed by atoms with van der Waals surface area (Å²) in [7, 11) is 0. The third kappa shape index (κ3) is 4.83. The number of rotatable bonds is 6. The maximum absolute atomic E-state index is 12.5. The van der Waals surface area contributed by atoms with Gasteiger partial charge in [0.05, 0.1) is 13.2 Å². The van der Waals surface area contributed by atoms with Gasteiger partial charge in [-0.25, -0.2) is 4.79 Å². The summed E-state index contributed by atoms with van der Waals surface area (Å²) in [4.78, 5) is 37.8. The van der Waals surface area contributed by atoms with Gasteiger partial charge in [-0.2, -0.15) is 0 Å². The number of amides is 2. The number of hydrogen-bond donors (Lipinski definition) is 2. The zero-order valence-corrected chi connectivity index (χ0v) is 14.9. The normalized spacial score (nSPS) is 15.3. The molecule has 1 fully saturated rings. The Balaban J connectivity index is 1.61. The maximum atomic E-state index is 12.5. The highest BCUT2D eigenvalue weighted by atomic mass is 16.5. The third-order valence-corrected chi connectivity index (χ3v) is 4.63. The Bertz CT molecular complexity index is 845. The molecule has 0 radical (unpaired) electrons. The summed E-state index contributed by atoms with van der Waals surface area (Å²) in [5.74, 6) is -1.74. The molecule has 0 bridgehead atoms. The van der Waals surface area contributed by atoms with E-state index in [0.717, 1.165) is 10.8 Å². The third-order valence-electron chi connectivity index (χ3n) is 4.63. The first-order chi connectivity index (χ1) is 13.0. The molecule has 0 saturated carbocycles. The first kappa shape index (κ1) is 18.8. The van der Waals surface area contributed by atoms with E-state index in [9.17, 15) is 19.5 Å².